The Balaban J connectivity index is 0.000000671. The van der Waals surface area contributed by atoms with Crippen LogP contribution in [0, 0.1) is 0 Å². The first-order valence-electron chi connectivity index (χ1n) is 3.56. The Morgan fingerprint density at radius 1 is 1.31 bits per heavy atom. The number of nitrogens with one attached hydrogen (secondary N) is 1. The highest BCUT2D eigenvalue weighted by Crippen LogP contribution is 2.07. The fourth-order valence-corrected chi connectivity index (χ4v) is 0.647. The second-order valence-electron chi connectivity index (χ2n) is 1.95. The van der Waals surface area contributed by atoms with Gasteiger partial charge in [0.15, 0.2) is 0 Å². The van der Waals surface area contributed by atoms with Crippen molar-refractivity contribution in [2.75, 3.05) is 7.05 Å². The molecule has 1 N–H and O–H groups in total. The van der Waals surface area contributed by atoms with Crippen LogP contribution < -0.4 is 10.1 Å². The van der Waals surface area contributed by atoms with Crippen LogP contribution in [-0.2, 0) is 4.79 Å². The van der Waals surface area contributed by atoms with Gasteiger partial charge in [0.2, 0.25) is 0 Å². The number of hydrogen-bond donors (Lipinski definition) is 1. The third-order valence-corrected chi connectivity index (χ3v) is 1.16. The molecule has 1 amide bonds. The van der Waals surface area contributed by atoms with Crippen molar-refractivity contribution >= 4 is 12.9 Å². The lowest BCUT2D eigenvalue weighted by molar-refractivity contribution is -0.0979. The Kier molecular flexibility index (Phi) is 5.88. The molecule has 13 heavy (non-hydrogen) atoms. The van der Waals surface area contributed by atoms with E-state index >= 15 is 0 Å². The Labute approximate surface area is 76.5 Å². The number of carbonyl (C=O) groups is 2. The van der Waals surface area contributed by atoms with Crippen molar-refractivity contribution < 1.29 is 14.3 Å². The molecule has 0 radical (unpaired) electrons. The summed E-state index contributed by atoms with van der Waals surface area (Å²) in [4.78, 5) is 18.6. The minimum Gasteiger partial charge on any atom is -0.410 e. The van der Waals surface area contributed by atoms with Crippen molar-refractivity contribution in [2.45, 2.75) is 0 Å². The standard InChI is InChI=1S/C8H9NO2.CH2O/c1-9-8(10)11-7-5-3-2-4-6-7;1-2/h2-6H,1H3,(H,9,10);1H2. The summed E-state index contributed by atoms with van der Waals surface area (Å²) in [6.45, 7) is 2.00. The lowest BCUT2D eigenvalue weighted by atomic mass is 10.3. The molecule has 0 heterocycles. The molecule has 0 bridgehead atoms. The van der Waals surface area contributed by atoms with Crippen molar-refractivity contribution in [1.29, 1.82) is 0 Å². The summed E-state index contributed by atoms with van der Waals surface area (Å²) < 4.78 is 4.81. The molecule has 0 aliphatic heterocycles. The molecule has 0 atom stereocenters. The first-order chi connectivity index (χ1) is 6.33. The van der Waals surface area contributed by atoms with Crippen molar-refractivity contribution in [2.24, 2.45) is 0 Å². The first kappa shape index (κ1) is 11.2. The highest BCUT2D eigenvalue weighted by molar-refractivity contribution is 5.69. The van der Waals surface area contributed by atoms with Crippen molar-refractivity contribution in [3.05, 3.63) is 30.3 Å². The van der Waals surface area contributed by atoms with Crippen LogP contribution in [0.4, 0.5) is 4.79 Å². The first-order valence-corrected chi connectivity index (χ1v) is 3.56. The average Bonchev–Trinajstić information content (AvgIpc) is 2.22. The molecule has 0 spiro atoms. The lowest BCUT2D eigenvalue weighted by Gasteiger charge is -2.00. The van der Waals surface area contributed by atoms with Crippen LogP contribution in [0.1, 0.15) is 0 Å². The SMILES string of the molecule is C=O.CNC(=O)Oc1ccccc1. The average molecular weight is 181 g/mol. The summed E-state index contributed by atoms with van der Waals surface area (Å²) in [5, 5.41) is 2.35. The largest absolute Gasteiger partial charge is 0.412 e. The molecule has 1 aromatic rings. The van der Waals surface area contributed by atoms with E-state index in [1.165, 1.54) is 7.05 Å². The van der Waals surface area contributed by atoms with Gasteiger partial charge in [-0.05, 0) is 12.1 Å². The molecule has 0 aliphatic rings. The third-order valence-electron chi connectivity index (χ3n) is 1.16. The van der Waals surface area contributed by atoms with Gasteiger partial charge >= 0.3 is 6.09 Å². The fraction of sp³-hybridized carbons (Fsp3) is 0.111. The number of hydrogen-bond acceptors (Lipinski definition) is 3. The van der Waals surface area contributed by atoms with E-state index in [-0.39, 0.29) is 0 Å². The number of para-hydroxylation sites is 1. The number of amides is 1. The molecule has 0 fully saturated rings. The normalized spacial score (nSPS) is 7.77. The van der Waals surface area contributed by atoms with E-state index < -0.39 is 6.09 Å². The summed E-state index contributed by atoms with van der Waals surface area (Å²) in [6.07, 6.45) is -0.448. The van der Waals surface area contributed by atoms with Crippen LogP contribution in [-0.4, -0.2) is 19.9 Å². The van der Waals surface area contributed by atoms with E-state index in [1.807, 2.05) is 12.9 Å². The smallest absolute Gasteiger partial charge is 0.410 e. The Morgan fingerprint density at radius 3 is 2.31 bits per heavy atom. The van der Waals surface area contributed by atoms with E-state index in [2.05, 4.69) is 5.32 Å². The number of rotatable bonds is 1. The molecule has 1 aromatic carbocycles. The van der Waals surface area contributed by atoms with Crippen LogP contribution in [0.15, 0.2) is 30.3 Å². The third kappa shape index (κ3) is 4.58. The maximum Gasteiger partial charge on any atom is 0.412 e. The van der Waals surface area contributed by atoms with Gasteiger partial charge in [-0.3, -0.25) is 0 Å². The van der Waals surface area contributed by atoms with E-state index in [0.29, 0.717) is 5.75 Å². The molecular formula is C9H11NO3. The van der Waals surface area contributed by atoms with Crippen molar-refractivity contribution in [3.63, 3.8) is 0 Å². The maximum atomic E-state index is 10.6. The van der Waals surface area contributed by atoms with Gasteiger partial charge in [-0.1, -0.05) is 18.2 Å². The quantitative estimate of drug-likeness (QED) is 0.708. The van der Waals surface area contributed by atoms with E-state index in [9.17, 15) is 4.79 Å². The van der Waals surface area contributed by atoms with Crippen molar-refractivity contribution in [1.82, 2.24) is 5.32 Å². The topological polar surface area (TPSA) is 55.4 Å². The van der Waals surface area contributed by atoms with Crippen LogP contribution >= 0.6 is 0 Å². The molecule has 0 aromatic heterocycles. The predicted octanol–water partition coefficient (Wildman–Crippen LogP) is 1.22. The molecule has 1 rings (SSSR count). The van der Waals surface area contributed by atoms with Gasteiger partial charge in [0.1, 0.15) is 12.5 Å². The summed E-state index contributed by atoms with van der Waals surface area (Å²) in [5.41, 5.74) is 0. The molecule has 70 valence electrons. The number of carbonyl (C=O) groups excluding carboxylic acids is 2. The van der Waals surface area contributed by atoms with Gasteiger partial charge in [0.25, 0.3) is 0 Å². The van der Waals surface area contributed by atoms with Gasteiger partial charge in [-0.25, -0.2) is 4.79 Å². The minimum atomic E-state index is -0.448. The fourth-order valence-electron chi connectivity index (χ4n) is 0.647. The molecule has 4 nitrogen and oxygen atoms in total. The molecule has 4 heteroatoms. The summed E-state index contributed by atoms with van der Waals surface area (Å²) in [7, 11) is 1.52. The Hall–Kier alpha value is -1.84. The van der Waals surface area contributed by atoms with Crippen LogP contribution in [0.25, 0.3) is 0 Å². The number of ether oxygens (including phenoxy) is 1. The lowest BCUT2D eigenvalue weighted by Crippen LogP contribution is -2.21. The van der Waals surface area contributed by atoms with Crippen molar-refractivity contribution in [3.8, 4) is 5.75 Å². The highest BCUT2D eigenvalue weighted by Gasteiger charge is 1.97. The Morgan fingerprint density at radius 2 is 1.85 bits per heavy atom. The summed E-state index contributed by atoms with van der Waals surface area (Å²) in [5.74, 6) is 0.548. The van der Waals surface area contributed by atoms with E-state index in [1.54, 1.807) is 24.3 Å². The molecule has 0 unspecified atom stereocenters. The number of benzene rings is 1. The zero-order chi connectivity index (χ0) is 10.1. The zero-order valence-corrected chi connectivity index (χ0v) is 7.32. The second kappa shape index (κ2) is 6.84. The van der Waals surface area contributed by atoms with E-state index in [4.69, 9.17) is 9.53 Å². The van der Waals surface area contributed by atoms with Gasteiger partial charge in [0, 0.05) is 7.05 Å². The van der Waals surface area contributed by atoms with Crippen LogP contribution in [0.2, 0.25) is 0 Å². The maximum absolute atomic E-state index is 10.6. The predicted molar refractivity (Wildman–Crippen MR) is 48.6 cm³/mol. The monoisotopic (exact) mass is 181 g/mol. The molecule has 0 aliphatic carbocycles. The van der Waals surface area contributed by atoms with Crippen LogP contribution in [0.3, 0.4) is 0 Å². The Bertz CT molecular complexity index is 248. The van der Waals surface area contributed by atoms with E-state index in [0.717, 1.165) is 0 Å². The van der Waals surface area contributed by atoms with Gasteiger partial charge in [-0.15, -0.1) is 0 Å². The van der Waals surface area contributed by atoms with Gasteiger partial charge in [0.05, 0.1) is 0 Å². The minimum absolute atomic E-state index is 0.448. The molecular weight excluding hydrogens is 170 g/mol. The van der Waals surface area contributed by atoms with Gasteiger partial charge < -0.3 is 14.8 Å². The van der Waals surface area contributed by atoms with Gasteiger partial charge in [-0.2, -0.15) is 0 Å². The highest BCUT2D eigenvalue weighted by atomic mass is 16.5. The molecule has 0 saturated carbocycles. The second-order valence-corrected chi connectivity index (χ2v) is 1.95. The van der Waals surface area contributed by atoms with Crippen LogP contribution in [0.5, 0.6) is 5.75 Å². The zero-order valence-electron chi connectivity index (χ0n) is 7.32. The molecule has 0 saturated heterocycles. The summed E-state index contributed by atoms with van der Waals surface area (Å²) >= 11 is 0. The summed E-state index contributed by atoms with van der Waals surface area (Å²) in [6, 6.07) is 8.90.